The summed E-state index contributed by atoms with van der Waals surface area (Å²) in [6, 6.07) is 4.41. The molecule has 0 saturated carbocycles. The third kappa shape index (κ3) is 5.48. The molecule has 1 amide bonds. The molecule has 1 aromatic rings. The van der Waals surface area contributed by atoms with Crippen LogP contribution in [0.15, 0.2) is 23.4 Å². The SMILES string of the molecule is NCCCCNC(=O)CCc1ccc(N=O)cc1O. The van der Waals surface area contributed by atoms with Crippen molar-refractivity contribution in [2.75, 3.05) is 13.1 Å². The summed E-state index contributed by atoms with van der Waals surface area (Å²) in [5.74, 6) is -0.0676. The van der Waals surface area contributed by atoms with Gasteiger partial charge in [0.1, 0.15) is 11.4 Å². The zero-order chi connectivity index (χ0) is 14.1. The first-order chi connectivity index (χ1) is 9.17. The Hall–Kier alpha value is -1.95. The third-order valence-electron chi connectivity index (χ3n) is 2.75. The van der Waals surface area contributed by atoms with E-state index in [9.17, 15) is 14.8 Å². The quantitative estimate of drug-likeness (QED) is 0.490. The van der Waals surface area contributed by atoms with Crippen LogP contribution in [0.1, 0.15) is 24.8 Å². The molecule has 6 heteroatoms. The van der Waals surface area contributed by atoms with Crippen LogP contribution >= 0.6 is 0 Å². The van der Waals surface area contributed by atoms with Crippen LogP contribution in [-0.4, -0.2) is 24.1 Å². The molecule has 104 valence electrons. The molecule has 0 bridgehead atoms. The van der Waals surface area contributed by atoms with Crippen molar-refractivity contribution in [2.45, 2.75) is 25.7 Å². The molecule has 0 unspecified atom stereocenters. The Kier molecular flexibility index (Phi) is 6.52. The van der Waals surface area contributed by atoms with Gasteiger partial charge in [0.2, 0.25) is 5.91 Å². The Balaban J connectivity index is 2.35. The number of hydrogen-bond donors (Lipinski definition) is 3. The summed E-state index contributed by atoms with van der Waals surface area (Å²) in [5.41, 5.74) is 6.15. The maximum Gasteiger partial charge on any atom is 0.220 e. The summed E-state index contributed by atoms with van der Waals surface area (Å²) in [5, 5.41) is 15.1. The molecule has 0 heterocycles. The molecule has 0 aromatic heterocycles. The van der Waals surface area contributed by atoms with Crippen LogP contribution < -0.4 is 11.1 Å². The predicted octanol–water partition coefficient (Wildman–Crippen LogP) is 1.58. The number of hydrogen-bond acceptors (Lipinski definition) is 5. The minimum atomic E-state index is -0.0611. The first-order valence-corrected chi connectivity index (χ1v) is 6.29. The molecule has 0 aliphatic carbocycles. The number of phenols is 1. The fourth-order valence-corrected chi connectivity index (χ4v) is 1.65. The van der Waals surface area contributed by atoms with E-state index in [2.05, 4.69) is 10.5 Å². The molecule has 0 saturated heterocycles. The van der Waals surface area contributed by atoms with Gasteiger partial charge in [0.05, 0.1) is 0 Å². The van der Waals surface area contributed by atoms with E-state index in [-0.39, 0.29) is 17.3 Å². The van der Waals surface area contributed by atoms with Crippen molar-refractivity contribution in [3.05, 3.63) is 28.7 Å². The van der Waals surface area contributed by atoms with Crippen molar-refractivity contribution in [2.24, 2.45) is 10.9 Å². The van der Waals surface area contributed by atoms with Gasteiger partial charge in [0.25, 0.3) is 0 Å². The van der Waals surface area contributed by atoms with E-state index in [1.165, 1.54) is 12.1 Å². The standard InChI is InChI=1S/C13H19N3O3/c14-7-1-2-8-15-13(18)6-4-10-3-5-11(16-19)9-12(10)17/h3,5,9,17H,1-2,4,6-8,14H2,(H,15,18). The molecule has 0 fully saturated rings. The normalized spacial score (nSPS) is 10.2. The van der Waals surface area contributed by atoms with Crippen molar-refractivity contribution in [3.8, 4) is 5.75 Å². The van der Waals surface area contributed by atoms with Crippen LogP contribution in [0.4, 0.5) is 5.69 Å². The largest absolute Gasteiger partial charge is 0.508 e. The Morgan fingerprint density at radius 3 is 2.79 bits per heavy atom. The lowest BCUT2D eigenvalue weighted by atomic mass is 10.1. The minimum Gasteiger partial charge on any atom is -0.508 e. The van der Waals surface area contributed by atoms with Crippen molar-refractivity contribution in [3.63, 3.8) is 0 Å². The van der Waals surface area contributed by atoms with Gasteiger partial charge in [-0.15, -0.1) is 4.91 Å². The average molecular weight is 265 g/mol. The van der Waals surface area contributed by atoms with Gasteiger partial charge in [-0.05, 0) is 42.6 Å². The fourth-order valence-electron chi connectivity index (χ4n) is 1.65. The number of unbranched alkanes of at least 4 members (excludes halogenated alkanes) is 1. The Labute approximate surface area is 112 Å². The molecule has 0 aliphatic heterocycles. The van der Waals surface area contributed by atoms with Gasteiger partial charge in [0.15, 0.2) is 0 Å². The summed E-state index contributed by atoms with van der Waals surface area (Å²) in [4.78, 5) is 21.8. The van der Waals surface area contributed by atoms with Crippen molar-refractivity contribution in [1.82, 2.24) is 5.32 Å². The minimum absolute atomic E-state index is 0.00645. The van der Waals surface area contributed by atoms with Gasteiger partial charge in [-0.3, -0.25) is 4.79 Å². The Bertz CT molecular complexity index is 435. The number of rotatable bonds is 8. The number of amides is 1. The molecule has 19 heavy (non-hydrogen) atoms. The number of benzene rings is 1. The summed E-state index contributed by atoms with van der Waals surface area (Å²) < 4.78 is 0. The van der Waals surface area contributed by atoms with Crippen molar-refractivity contribution in [1.29, 1.82) is 0 Å². The van der Waals surface area contributed by atoms with Gasteiger partial charge in [-0.1, -0.05) is 6.07 Å². The summed E-state index contributed by atoms with van der Waals surface area (Å²) in [6.45, 7) is 1.25. The molecule has 0 aliphatic rings. The second-order valence-corrected chi connectivity index (χ2v) is 4.25. The zero-order valence-electron chi connectivity index (χ0n) is 10.8. The first kappa shape index (κ1) is 15.1. The molecule has 4 N–H and O–H groups in total. The highest BCUT2D eigenvalue weighted by molar-refractivity contribution is 5.76. The number of aryl methyl sites for hydroxylation is 1. The predicted molar refractivity (Wildman–Crippen MR) is 73.2 cm³/mol. The van der Waals surface area contributed by atoms with Crippen LogP contribution in [0.25, 0.3) is 0 Å². The summed E-state index contributed by atoms with van der Waals surface area (Å²) in [6.07, 6.45) is 2.48. The maximum atomic E-state index is 11.5. The van der Waals surface area contributed by atoms with Gasteiger partial charge in [-0.25, -0.2) is 0 Å². The average Bonchev–Trinajstić information content (AvgIpc) is 2.42. The molecule has 0 atom stereocenters. The number of nitrogens with two attached hydrogens (primary N) is 1. The number of carbonyl (C=O) groups is 1. The molecule has 0 spiro atoms. The van der Waals surface area contributed by atoms with E-state index in [1.807, 2.05) is 0 Å². The highest BCUT2D eigenvalue weighted by Gasteiger charge is 2.06. The van der Waals surface area contributed by atoms with Gasteiger partial charge in [-0.2, -0.15) is 0 Å². The highest BCUT2D eigenvalue weighted by Crippen LogP contribution is 2.24. The highest BCUT2D eigenvalue weighted by atomic mass is 16.3. The number of nitrogens with zero attached hydrogens (tertiary/aromatic N) is 1. The van der Waals surface area contributed by atoms with Gasteiger partial charge < -0.3 is 16.2 Å². The monoisotopic (exact) mass is 265 g/mol. The van der Waals surface area contributed by atoms with Crippen molar-refractivity contribution < 1.29 is 9.90 Å². The molecule has 0 radical (unpaired) electrons. The third-order valence-corrected chi connectivity index (χ3v) is 2.75. The van der Waals surface area contributed by atoms with E-state index in [1.54, 1.807) is 6.07 Å². The summed E-state index contributed by atoms with van der Waals surface area (Å²) >= 11 is 0. The topological polar surface area (TPSA) is 105 Å². The number of aromatic hydroxyl groups is 1. The van der Waals surface area contributed by atoms with Crippen LogP contribution in [-0.2, 0) is 11.2 Å². The lowest BCUT2D eigenvalue weighted by Gasteiger charge is -2.06. The molecular formula is C13H19N3O3. The van der Waals surface area contributed by atoms with E-state index in [0.717, 1.165) is 12.8 Å². The second kappa shape index (κ2) is 8.20. The lowest BCUT2D eigenvalue weighted by Crippen LogP contribution is -2.25. The maximum absolute atomic E-state index is 11.5. The first-order valence-electron chi connectivity index (χ1n) is 6.29. The van der Waals surface area contributed by atoms with Gasteiger partial charge in [0, 0.05) is 19.0 Å². The lowest BCUT2D eigenvalue weighted by molar-refractivity contribution is -0.121. The number of nitroso groups, excluding NO2 is 1. The van der Waals surface area contributed by atoms with Crippen molar-refractivity contribution >= 4 is 11.6 Å². The van der Waals surface area contributed by atoms with Gasteiger partial charge >= 0.3 is 0 Å². The van der Waals surface area contributed by atoms with E-state index in [0.29, 0.717) is 31.5 Å². The van der Waals surface area contributed by atoms with E-state index >= 15 is 0 Å². The van der Waals surface area contributed by atoms with E-state index < -0.39 is 0 Å². The number of carbonyl (C=O) groups excluding carboxylic acids is 1. The zero-order valence-corrected chi connectivity index (χ0v) is 10.8. The van der Waals surface area contributed by atoms with Crippen LogP contribution in [0.3, 0.4) is 0 Å². The van der Waals surface area contributed by atoms with Crippen LogP contribution in [0, 0.1) is 4.91 Å². The molecule has 1 aromatic carbocycles. The number of nitrogens with one attached hydrogen (secondary N) is 1. The van der Waals surface area contributed by atoms with E-state index in [4.69, 9.17) is 5.73 Å². The second-order valence-electron chi connectivity index (χ2n) is 4.25. The smallest absolute Gasteiger partial charge is 0.220 e. The Morgan fingerprint density at radius 2 is 2.16 bits per heavy atom. The van der Waals surface area contributed by atoms with Crippen LogP contribution in [0.2, 0.25) is 0 Å². The molecule has 1 rings (SSSR count). The molecule has 6 nitrogen and oxygen atoms in total. The number of phenolic OH excluding ortho intramolecular Hbond substituents is 1. The van der Waals surface area contributed by atoms with Crippen LogP contribution in [0.5, 0.6) is 5.75 Å². The molecular weight excluding hydrogens is 246 g/mol. The Morgan fingerprint density at radius 1 is 1.37 bits per heavy atom. The summed E-state index contributed by atoms with van der Waals surface area (Å²) in [7, 11) is 0. The fraction of sp³-hybridized carbons (Fsp3) is 0.462.